The van der Waals surface area contributed by atoms with Gasteiger partial charge in [0.05, 0.1) is 9.77 Å². The van der Waals surface area contributed by atoms with Crippen molar-refractivity contribution < 1.29 is 13.2 Å². The van der Waals surface area contributed by atoms with E-state index in [0.717, 1.165) is 14.6 Å². The number of hydrogen-bond donors (Lipinski definition) is 2. The second-order valence-electron chi connectivity index (χ2n) is 5.88. The van der Waals surface area contributed by atoms with E-state index in [-0.39, 0.29) is 22.7 Å². The average molecular weight is 406 g/mol. The van der Waals surface area contributed by atoms with Gasteiger partial charge in [-0.25, -0.2) is 12.7 Å². The van der Waals surface area contributed by atoms with Gasteiger partial charge < -0.3 is 11.1 Å². The lowest BCUT2D eigenvalue weighted by Crippen LogP contribution is -2.22. The van der Waals surface area contributed by atoms with E-state index in [4.69, 9.17) is 5.73 Å². The highest BCUT2D eigenvalue weighted by Gasteiger charge is 2.19. The van der Waals surface area contributed by atoms with E-state index in [2.05, 4.69) is 15.4 Å². The highest BCUT2D eigenvalue weighted by atomic mass is 32.2. The highest BCUT2D eigenvalue weighted by molar-refractivity contribution is 7.89. The molecule has 0 amide bonds. The fraction of sp³-hybridized carbons (Fsp3) is 0.188. The Morgan fingerprint density at radius 2 is 1.89 bits per heavy atom. The summed E-state index contributed by atoms with van der Waals surface area (Å²) in [6.45, 7) is 1.83. The first kappa shape index (κ1) is 19.0. The van der Waals surface area contributed by atoms with Crippen molar-refractivity contribution in [3.8, 4) is 0 Å². The third-order valence-corrected chi connectivity index (χ3v) is 6.60. The molecule has 142 valence electrons. The zero-order valence-electron chi connectivity index (χ0n) is 14.9. The lowest BCUT2D eigenvalue weighted by atomic mass is 10.3. The van der Waals surface area contributed by atoms with Gasteiger partial charge in [0.25, 0.3) is 5.91 Å². The molecule has 2 aromatic heterocycles. The Labute approximate surface area is 160 Å². The van der Waals surface area contributed by atoms with Crippen LogP contribution in [-0.2, 0) is 10.0 Å². The van der Waals surface area contributed by atoms with Crippen molar-refractivity contribution >= 4 is 44.9 Å². The summed E-state index contributed by atoms with van der Waals surface area (Å²) in [4.78, 5) is 17.3. The maximum atomic E-state index is 12.5. The third kappa shape index (κ3) is 3.70. The molecule has 27 heavy (non-hydrogen) atoms. The van der Waals surface area contributed by atoms with Crippen molar-refractivity contribution in [1.29, 1.82) is 0 Å². The van der Waals surface area contributed by atoms with Crippen LogP contribution in [0.2, 0.25) is 0 Å². The minimum absolute atomic E-state index is 0.0397. The quantitative estimate of drug-likeness (QED) is 0.663. The third-order valence-electron chi connectivity index (χ3n) is 3.77. The molecule has 0 unspecified atom stereocenters. The average Bonchev–Trinajstić information content (AvgIpc) is 3.20. The number of carbonyl (C=O) groups excluding carboxylic acids is 1. The zero-order chi connectivity index (χ0) is 19.8. The van der Waals surface area contributed by atoms with E-state index in [1.165, 1.54) is 37.6 Å². The number of sulfonamides is 1. The van der Waals surface area contributed by atoms with Crippen LogP contribution in [0.25, 0.3) is 0 Å². The monoisotopic (exact) mass is 406 g/mol. The SMILES string of the molecule is Cc1ccsc1C(=O)n1nc(Nc2ccc(S(=O)(=O)N(C)C)cc2)nc1N. The number of nitrogen functional groups attached to an aromatic ring is 1. The second kappa shape index (κ2) is 7.10. The van der Waals surface area contributed by atoms with Gasteiger partial charge in [0.2, 0.25) is 21.9 Å². The fourth-order valence-electron chi connectivity index (χ4n) is 2.26. The van der Waals surface area contributed by atoms with Gasteiger partial charge >= 0.3 is 0 Å². The van der Waals surface area contributed by atoms with E-state index in [9.17, 15) is 13.2 Å². The Morgan fingerprint density at radius 3 is 2.44 bits per heavy atom. The maximum Gasteiger partial charge on any atom is 0.291 e. The first-order valence-electron chi connectivity index (χ1n) is 7.81. The Hall–Kier alpha value is -2.76. The molecule has 11 heteroatoms. The number of hydrogen-bond acceptors (Lipinski definition) is 8. The summed E-state index contributed by atoms with van der Waals surface area (Å²) in [7, 11) is -0.572. The van der Waals surface area contributed by atoms with Gasteiger partial charge in [-0.15, -0.1) is 16.4 Å². The molecule has 0 spiro atoms. The number of anilines is 3. The molecule has 2 heterocycles. The van der Waals surface area contributed by atoms with Crippen molar-refractivity contribution in [3.63, 3.8) is 0 Å². The largest absolute Gasteiger partial charge is 0.368 e. The Bertz CT molecular complexity index is 1080. The molecule has 0 bridgehead atoms. The number of thiophene rings is 1. The molecule has 0 aliphatic heterocycles. The van der Waals surface area contributed by atoms with Crippen LogP contribution in [0.15, 0.2) is 40.6 Å². The first-order chi connectivity index (χ1) is 12.7. The molecule has 0 saturated carbocycles. The molecule has 3 rings (SSSR count). The van der Waals surface area contributed by atoms with Crippen molar-refractivity contribution in [2.45, 2.75) is 11.8 Å². The van der Waals surface area contributed by atoms with Gasteiger partial charge in [0.1, 0.15) is 0 Å². The van der Waals surface area contributed by atoms with Crippen LogP contribution in [0, 0.1) is 6.92 Å². The lowest BCUT2D eigenvalue weighted by molar-refractivity contribution is 0.0951. The van der Waals surface area contributed by atoms with Crippen LogP contribution in [0.5, 0.6) is 0 Å². The van der Waals surface area contributed by atoms with E-state index >= 15 is 0 Å². The van der Waals surface area contributed by atoms with Gasteiger partial charge in [0, 0.05) is 19.8 Å². The number of nitrogens with one attached hydrogen (secondary N) is 1. The summed E-state index contributed by atoms with van der Waals surface area (Å²) in [6.07, 6.45) is 0. The fourth-order valence-corrected chi connectivity index (χ4v) is 4.02. The van der Waals surface area contributed by atoms with Crippen molar-refractivity contribution in [2.24, 2.45) is 0 Å². The standard InChI is InChI=1S/C16H18N6O3S2/c1-10-8-9-26-13(10)14(23)22-15(17)19-16(20-22)18-11-4-6-12(7-5-11)27(24,25)21(2)3/h4-9H,1-3H3,(H3,17,18,19,20). The van der Waals surface area contributed by atoms with Crippen LogP contribution >= 0.6 is 11.3 Å². The summed E-state index contributed by atoms with van der Waals surface area (Å²) >= 11 is 1.31. The molecule has 9 nitrogen and oxygen atoms in total. The Balaban J connectivity index is 1.81. The number of carbonyl (C=O) groups is 1. The minimum Gasteiger partial charge on any atom is -0.368 e. The normalized spacial score (nSPS) is 11.7. The van der Waals surface area contributed by atoms with Gasteiger partial charge in [-0.2, -0.15) is 9.67 Å². The van der Waals surface area contributed by atoms with E-state index in [1.54, 1.807) is 12.1 Å². The minimum atomic E-state index is -3.50. The van der Waals surface area contributed by atoms with Crippen molar-refractivity contribution in [3.05, 3.63) is 46.2 Å². The number of nitrogens with two attached hydrogens (primary N) is 1. The molecular weight excluding hydrogens is 388 g/mol. The van der Waals surface area contributed by atoms with Crippen LogP contribution in [0.1, 0.15) is 15.2 Å². The summed E-state index contributed by atoms with van der Waals surface area (Å²) in [5.41, 5.74) is 7.21. The molecule has 0 aliphatic carbocycles. The van der Waals surface area contributed by atoms with E-state index in [1.807, 2.05) is 18.4 Å². The number of benzene rings is 1. The number of aromatic nitrogens is 3. The van der Waals surface area contributed by atoms with Crippen molar-refractivity contribution in [1.82, 2.24) is 19.1 Å². The van der Waals surface area contributed by atoms with Gasteiger partial charge in [0.15, 0.2) is 0 Å². The molecule has 3 N–H and O–H groups in total. The predicted octanol–water partition coefficient (Wildman–Crippen LogP) is 1.91. The summed E-state index contributed by atoms with van der Waals surface area (Å²) in [5, 5.41) is 8.83. The van der Waals surface area contributed by atoms with Crippen LogP contribution in [0.4, 0.5) is 17.6 Å². The smallest absolute Gasteiger partial charge is 0.291 e. The molecule has 0 saturated heterocycles. The molecule has 3 aromatic rings. The summed E-state index contributed by atoms with van der Waals surface area (Å²) in [6, 6.07) is 7.95. The van der Waals surface area contributed by atoms with E-state index < -0.39 is 10.0 Å². The number of aryl methyl sites for hydroxylation is 1. The van der Waals surface area contributed by atoms with Gasteiger partial charge in [-0.05, 0) is 48.2 Å². The number of rotatable bonds is 5. The van der Waals surface area contributed by atoms with Crippen molar-refractivity contribution in [2.75, 3.05) is 25.1 Å². The Morgan fingerprint density at radius 1 is 1.22 bits per heavy atom. The van der Waals surface area contributed by atoms with Gasteiger partial charge in [-0.3, -0.25) is 4.79 Å². The molecule has 0 aliphatic rings. The predicted molar refractivity (Wildman–Crippen MR) is 104 cm³/mol. The molecule has 0 atom stereocenters. The van der Waals surface area contributed by atoms with Crippen LogP contribution < -0.4 is 11.1 Å². The molecule has 0 fully saturated rings. The van der Waals surface area contributed by atoms with Gasteiger partial charge in [-0.1, -0.05) is 0 Å². The Kier molecular flexibility index (Phi) is 5.00. The molecule has 0 radical (unpaired) electrons. The van der Waals surface area contributed by atoms with Crippen LogP contribution in [0.3, 0.4) is 0 Å². The summed E-state index contributed by atoms with van der Waals surface area (Å²) in [5.74, 6) is -0.256. The topological polar surface area (TPSA) is 123 Å². The lowest BCUT2D eigenvalue weighted by Gasteiger charge is -2.11. The highest BCUT2D eigenvalue weighted by Crippen LogP contribution is 2.21. The number of nitrogens with zero attached hydrogens (tertiary/aromatic N) is 4. The van der Waals surface area contributed by atoms with E-state index in [0.29, 0.717) is 10.6 Å². The van der Waals surface area contributed by atoms with Crippen LogP contribution in [-0.4, -0.2) is 47.5 Å². The molecule has 1 aromatic carbocycles. The second-order valence-corrected chi connectivity index (χ2v) is 8.95. The zero-order valence-corrected chi connectivity index (χ0v) is 16.5. The molecular formula is C16H18N6O3S2. The summed E-state index contributed by atoms with van der Waals surface area (Å²) < 4.78 is 26.3. The first-order valence-corrected chi connectivity index (χ1v) is 10.1. The maximum absolute atomic E-state index is 12.5.